The zero-order chi connectivity index (χ0) is 11.8. The van der Waals surface area contributed by atoms with Crippen LogP contribution >= 0.6 is 11.3 Å². The second-order valence-electron chi connectivity index (χ2n) is 4.22. The molecule has 18 heavy (non-hydrogen) atoms. The lowest BCUT2D eigenvalue weighted by molar-refractivity contribution is -0.597. The van der Waals surface area contributed by atoms with E-state index in [-0.39, 0.29) is 23.0 Å². The third kappa shape index (κ3) is 1.97. The molecule has 3 nitrogen and oxygen atoms in total. The molecule has 0 bridgehead atoms. The summed E-state index contributed by atoms with van der Waals surface area (Å²) in [5.41, 5.74) is 2.07. The number of anilines is 1. The van der Waals surface area contributed by atoms with E-state index in [1.807, 2.05) is 23.1 Å². The van der Waals surface area contributed by atoms with Crippen molar-refractivity contribution in [2.75, 3.05) is 4.90 Å². The fraction of sp³-hybridized carbons (Fsp3) is 0.231. The maximum Gasteiger partial charge on any atom is 0.245 e. The van der Waals surface area contributed by atoms with E-state index in [0.29, 0.717) is 0 Å². The first kappa shape index (κ1) is 13.2. The second kappa shape index (κ2) is 5.20. The summed E-state index contributed by atoms with van der Waals surface area (Å²) in [5.74, 6) is 0. The topological polar surface area (TPSA) is 24.2 Å². The largest absolute Gasteiger partial charge is 1.00 e. The molecular formula is C13H13BrN2OS. The number of halogens is 1. The van der Waals surface area contributed by atoms with Gasteiger partial charge in [0.05, 0.1) is 11.8 Å². The third-order valence-corrected chi connectivity index (χ3v) is 4.05. The molecular weight excluding hydrogens is 312 g/mol. The monoisotopic (exact) mass is 324 g/mol. The summed E-state index contributed by atoms with van der Waals surface area (Å²) in [4.78, 5) is 13.1. The zero-order valence-corrected chi connectivity index (χ0v) is 12.3. The van der Waals surface area contributed by atoms with Gasteiger partial charge in [0.1, 0.15) is 5.69 Å². The molecule has 0 aliphatic carbocycles. The molecule has 1 amide bonds. The number of carbonyl (C=O) groups excluding carboxylic acids is 1. The minimum absolute atomic E-state index is 0. The Balaban J connectivity index is 0.00000120. The molecule has 94 valence electrons. The second-order valence-corrected chi connectivity index (χ2v) is 5.20. The summed E-state index contributed by atoms with van der Waals surface area (Å²) >= 11 is 1.74. The fourth-order valence-electron chi connectivity index (χ4n) is 2.31. The number of hydrogen-bond donors (Lipinski definition) is 0. The van der Waals surface area contributed by atoms with Gasteiger partial charge in [0.2, 0.25) is 17.1 Å². The van der Waals surface area contributed by atoms with Crippen molar-refractivity contribution in [1.82, 2.24) is 0 Å². The molecule has 1 atom stereocenters. The normalized spacial score (nSPS) is 17.2. The van der Waals surface area contributed by atoms with Gasteiger partial charge in [0.25, 0.3) is 0 Å². The summed E-state index contributed by atoms with van der Waals surface area (Å²) in [6.45, 7) is 2.08. The number of nitrogens with zero attached hydrogens (tertiary/aromatic N) is 2. The number of carbonyl (C=O) groups is 1. The van der Waals surface area contributed by atoms with Gasteiger partial charge in [-0.15, -0.1) is 0 Å². The number of aromatic nitrogens is 1. The van der Waals surface area contributed by atoms with Crippen LogP contribution in [0, 0.1) is 0 Å². The number of benzene rings is 1. The highest BCUT2D eigenvalue weighted by atomic mass is 79.9. The Morgan fingerprint density at radius 2 is 2.22 bits per heavy atom. The SMILES string of the molecule is CC1Cc2scc[n+]2-c2ccccc2N1C=O.[Br-]. The molecule has 0 saturated carbocycles. The van der Waals surface area contributed by atoms with Crippen LogP contribution in [-0.4, -0.2) is 12.5 Å². The molecule has 0 saturated heterocycles. The fourth-order valence-corrected chi connectivity index (χ4v) is 3.26. The average Bonchev–Trinajstić information content (AvgIpc) is 2.75. The van der Waals surface area contributed by atoms with Crippen molar-refractivity contribution in [3.8, 4) is 5.69 Å². The standard InChI is InChI=1S/C13H13N2OS.BrH/c1-10-8-13-14(6-7-17-13)11-4-2-3-5-12(11)15(10)9-16;/h2-7,9-10H,8H2,1H3;1H/q+1;/p-1. The molecule has 2 heterocycles. The number of hydrogen-bond acceptors (Lipinski definition) is 2. The first-order chi connectivity index (χ1) is 8.31. The van der Waals surface area contributed by atoms with Crippen LogP contribution in [0.15, 0.2) is 35.8 Å². The number of para-hydroxylation sites is 2. The lowest BCUT2D eigenvalue weighted by Gasteiger charge is -2.21. The molecule has 1 aromatic heterocycles. The van der Waals surface area contributed by atoms with Crippen LogP contribution in [0.2, 0.25) is 0 Å². The van der Waals surface area contributed by atoms with Crippen LogP contribution in [-0.2, 0) is 11.2 Å². The number of thiazole rings is 1. The van der Waals surface area contributed by atoms with Crippen LogP contribution < -0.4 is 26.4 Å². The van der Waals surface area contributed by atoms with Crippen molar-refractivity contribution in [3.63, 3.8) is 0 Å². The van der Waals surface area contributed by atoms with Gasteiger partial charge in [-0.25, -0.2) is 0 Å². The van der Waals surface area contributed by atoms with E-state index in [9.17, 15) is 4.79 Å². The van der Waals surface area contributed by atoms with E-state index in [1.54, 1.807) is 11.3 Å². The minimum Gasteiger partial charge on any atom is -1.00 e. The van der Waals surface area contributed by atoms with Gasteiger partial charge in [0.15, 0.2) is 6.20 Å². The van der Waals surface area contributed by atoms with Gasteiger partial charge < -0.3 is 21.9 Å². The maximum atomic E-state index is 11.3. The quantitative estimate of drug-likeness (QED) is 0.484. The molecule has 1 aliphatic heterocycles. The van der Waals surface area contributed by atoms with E-state index in [4.69, 9.17) is 0 Å². The third-order valence-electron chi connectivity index (χ3n) is 3.16. The first-order valence-electron chi connectivity index (χ1n) is 5.62. The Bertz CT molecular complexity index is 570. The number of amides is 1. The van der Waals surface area contributed by atoms with Gasteiger partial charge in [-0.05, 0) is 13.0 Å². The summed E-state index contributed by atoms with van der Waals surface area (Å²) in [7, 11) is 0. The molecule has 3 rings (SSSR count). The highest BCUT2D eigenvalue weighted by Gasteiger charge is 2.30. The van der Waals surface area contributed by atoms with E-state index in [2.05, 4.69) is 29.1 Å². The average molecular weight is 325 g/mol. The Morgan fingerprint density at radius 3 is 3.00 bits per heavy atom. The molecule has 0 fully saturated rings. The maximum absolute atomic E-state index is 11.3. The molecule has 1 aliphatic rings. The molecule has 0 radical (unpaired) electrons. The van der Waals surface area contributed by atoms with Crippen molar-refractivity contribution in [2.45, 2.75) is 19.4 Å². The smallest absolute Gasteiger partial charge is 0.245 e. The van der Waals surface area contributed by atoms with Crippen LogP contribution in [0.25, 0.3) is 5.69 Å². The predicted molar refractivity (Wildman–Crippen MR) is 67.6 cm³/mol. The molecule has 2 aromatic rings. The molecule has 1 unspecified atom stereocenters. The van der Waals surface area contributed by atoms with Crippen molar-refractivity contribution in [1.29, 1.82) is 0 Å². The Morgan fingerprint density at radius 1 is 1.44 bits per heavy atom. The Kier molecular flexibility index (Phi) is 3.82. The highest BCUT2D eigenvalue weighted by Crippen LogP contribution is 2.27. The van der Waals surface area contributed by atoms with Crippen LogP contribution in [0.3, 0.4) is 0 Å². The van der Waals surface area contributed by atoms with Gasteiger partial charge >= 0.3 is 0 Å². The molecule has 0 spiro atoms. The van der Waals surface area contributed by atoms with Crippen molar-refractivity contribution >= 4 is 23.4 Å². The van der Waals surface area contributed by atoms with Crippen LogP contribution in [0.1, 0.15) is 11.9 Å². The summed E-state index contributed by atoms with van der Waals surface area (Å²) in [5, 5.41) is 3.38. The van der Waals surface area contributed by atoms with Gasteiger partial charge in [0, 0.05) is 12.1 Å². The number of fused-ring (bicyclic) bond motifs is 3. The van der Waals surface area contributed by atoms with Gasteiger partial charge in [-0.2, -0.15) is 4.57 Å². The van der Waals surface area contributed by atoms with Crippen molar-refractivity contribution in [3.05, 3.63) is 40.8 Å². The van der Waals surface area contributed by atoms with Crippen molar-refractivity contribution in [2.24, 2.45) is 0 Å². The van der Waals surface area contributed by atoms with E-state index in [0.717, 1.165) is 24.2 Å². The summed E-state index contributed by atoms with van der Waals surface area (Å²) < 4.78 is 2.18. The van der Waals surface area contributed by atoms with Gasteiger partial charge in [-0.1, -0.05) is 23.5 Å². The summed E-state index contributed by atoms with van der Waals surface area (Å²) in [6.07, 6.45) is 3.89. The van der Waals surface area contributed by atoms with E-state index in [1.165, 1.54) is 5.01 Å². The molecule has 1 aromatic carbocycles. The first-order valence-corrected chi connectivity index (χ1v) is 6.50. The molecule has 0 N–H and O–H groups in total. The van der Waals surface area contributed by atoms with Crippen LogP contribution in [0.4, 0.5) is 5.69 Å². The summed E-state index contributed by atoms with van der Waals surface area (Å²) in [6, 6.07) is 8.23. The highest BCUT2D eigenvalue weighted by molar-refractivity contribution is 7.09. The van der Waals surface area contributed by atoms with Gasteiger partial charge in [-0.3, -0.25) is 4.79 Å². The lowest BCUT2D eigenvalue weighted by Crippen LogP contribution is -3.00. The minimum atomic E-state index is 0. The van der Waals surface area contributed by atoms with E-state index < -0.39 is 0 Å². The zero-order valence-electron chi connectivity index (χ0n) is 9.91. The van der Waals surface area contributed by atoms with E-state index >= 15 is 0 Å². The Labute approximate surface area is 120 Å². The molecule has 5 heteroatoms. The Hall–Kier alpha value is -1.20. The van der Waals surface area contributed by atoms with Crippen molar-refractivity contribution < 1.29 is 26.3 Å². The van der Waals surface area contributed by atoms with Crippen LogP contribution in [0.5, 0.6) is 0 Å². The number of rotatable bonds is 1. The lowest BCUT2D eigenvalue weighted by atomic mass is 10.2. The predicted octanol–water partition coefficient (Wildman–Crippen LogP) is -1.06.